The number of hydrogen-bond donors (Lipinski definition) is 1. The topological polar surface area (TPSA) is 68.0 Å². The molecular formula is C18H15CuN2O2-. The van der Waals surface area contributed by atoms with Crippen LogP contribution in [0.5, 0.6) is 11.5 Å². The average Bonchev–Trinajstić information content (AvgIpc) is 2.50. The summed E-state index contributed by atoms with van der Waals surface area (Å²) in [5, 5.41) is 32.0. The second-order valence-electron chi connectivity index (χ2n) is 5.28. The zero-order chi connectivity index (χ0) is 15.7. The standard InChI is InChI=1S/C18H16N2O2.Cu/c1-11-9-12(2)18(22)15(10-11)19-20-17-14-6-4-3-5-13(14)7-8-16(17)21;/h3-10,21-22H,1-2H3;/p-1. The normalized spacial score (nSPS) is 10.9. The Balaban J connectivity index is 0.00000192. The molecule has 0 heterocycles. The minimum absolute atomic E-state index is 0. The van der Waals surface area contributed by atoms with Crippen LogP contribution in [0.25, 0.3) is 10.8 Å². The van der Waals surface area contributed by atoms with Crippen molar-refractivity contribution in [1.82, 2.24) is 0 Å². The molecule has 0 aliphatic heterocycles. The summed E-state index contributed by atoms with van der Waals surface area (Å²) in [4.78, 5) is 0. The average molecular weight is 355 g/mol. The predicted molar refractivity (Wildman–Crippen MR) is 85.2 cm³/mol. The van der Waals surface area contributed by atoms with Gasteiger partial charge in [0, 0.05) is 22.5 Å². The fourth-order valence-corrected chi connectivity index (χ4v) is 2.46. The van der Waals surface area contributed by atoms with Gasteiger partial charge < -0.3 is 10.2 Å². The second kappa shape index (κ2) is 6.82. The number of phenolic OH excluding ortho intramolecular Hbond substituents is 1. The van der Waals surface area contributed by atoms with Gasteiger partial charge in [-0.25, -0.2) is 0 Å². The molecular weight excluding hydrogens is 340 g/mol. The summed E-state index contributed by atoms with van der Waals surface area (Å²) in [6.07, 6.45) is 0. The maximum atomic E-state index is 12.1. The van der Waals surface area contributed by atoms with E-state index in [-0.39, 0.29) is 34.3 Å². The van der Waals surface area contributed by atoms with Gasteiger partial charge in [-0.2, -0.15) is 5.11 Å². The molecule has 3 rings (SSSR count). The number of nitrogens with zero attached hydrogens (tertiary/aromatic N) is 2. The smallest absolute Gasteiger partial charge is 0.146 e. The molecule has 0 unspecified atom stereocenters. The third-order valence-corrected chi connectivity index (χ3v) is 3.55. The van der Waals surface area contributed by atoms with E-state index < -0.39 is 0 Å². The van der Waals surface area contributed by atoms with Gasteiger partial charge in [0.2, 0.25) is 0 Å². The molecule has 23 heavy (non-hydrogen) atoms. The Bertz CT molecular complexity index is 892. The zero-order valence-electron chi connectivity index (χ0n) is 12.7. The van der Waals surface area contributed by atoms with Crippen LogP contribution >= 0.6 is 0 Å². The monoisotopic (exact) mass is 354 g/mol. The predicted octanol–water partition coefficient (Wildman–Crippen LogP) is 4.65. The van der Waals surface area contributed by atoms with Crippen LogP contribution in [0.4, 0.5) is 11.4 Å². The van der Waals surface area contributed by atoms with E-state index in [1.54, 1.807) is 19.1 Å². The van der Waals surface area contributed by atoms with Gasteiger partial charge in [0.25, 0.3) is 0 Å². The van der Waals surface area contributed by atoms with Crippen molar-refractivity contribution in [2.24, 2.45) is 10.2 Å². The number of aromatic hydroxyl groups is 1. The minimum atomic E-state index is -0.189. The summed E-state index contributed by atoms with van der Waals surface area (Å²) in [7, 11) is 0. The molecule has 0 aliphatic carbocycles. The first kappa shape index (κ1) is 17.0. The van der Waals surface area contributed by atoms with Crippen LogP contribution in [0.3, 0.4) is 0 Å². The van der Waals surface area contributed by atoms with Crippen molar-refractivity contribution in [3.63, 3.8) is 0 Å². The molecule has 0 aliphatic rings. The molecule has 0 fully saturated rings. The van der Waals surface area contributed by atoms with Gasteiger partial charge in [-0.3, -0.25) is 0 Å². The van der Waals surface area contributed by atoms with Crippen LogP contribution < -0.4 is 5.11 Å². The fraction of sp³-hybridized carbons (Fsp3) is 0.111. The van der Waals surface area contributed by atoms with Gasteiger partial charge in [0.15, 0.2) is 0 Å². The largest absolute Gasteiger partial charge is 0.871 e. The molecule has 3 aromatic carbocycles. The van der Waals surface area contributed by atoms with Crippen LogP contribution in [0.1, 0.15) is 11.1 Å². The SMILES string of the molecule is Cc1cc(C)c(O)c(N=Nc2c([O-])ccc3ccccc23)c1.[Cu]. The van der Waals surface area contributed by atoms with E-state index >= 15 is 0 Å². The summed E-state index contributed by atoms with van der Waals surface area (Å²) in [5.74, 6) is -0.103. The summed E-state index contributed by atoms with van der Waals surface area (Å²) < 4.78 is 0. The fourth-order valence-electron chi connectivity index (χ4n) is 2.46. The summed E-state index contributed by atoms with van der Waals surface area (Å²) in [5.41, 5.74) is 2.36. The van der Waals surface area contributed by atoms with Gasteiger partial charge in [0.1, 0.15) is 11.4 Å². The van der Waals surface area contributed by atoms with Gasteiger partial charge >= 0.3 is 0 Å². The maximum absolute atomic E-state index is 12.1. The van der Waals surface area contributed by atoms with E-state index in [0.717, 1.165) is 21.9 Å². The van der Waals surface area contributed by atoms with Crippen molar-refractivity contribution in [3.8, 4) is 11.5 Å². The molecule has 0 amide bonds. The van der Waals surface area contributed by atoms with Crippen LogP contribution in [0, 0.1) is 13.8 Å². The Morgan fingerprint density at radius 2 is 1.70 bits per heavy atom. The molecule has 121 valence electrons. The summed E-state index contributed by atoms with van der Waals surface area (Å²) in [6.45, 7) is 3.72. The van der Waals surface area contributed by atoms with Crippen molar-refractivity contribution >= 4 is 22.1 Å². The van der Waals surface area contributed by atoms with Crippen LogP contribution in [-0.4, -0.2) is 5.11 Å². The first-order valence-corrected chi connectivity index (χ1v) is 6.97. The molecule has 0 atom stereocenters. The molecule has 4 nitrogen and oxygen atoms in total. The molecule has 0 saturated carbocycles. The van der Waals surface area contributed by atoms with Gasteiger partial charge in [-0.15, -0.1) is 5.11 Å². The Kier molecular flexibility index (Phi) is 5.04. The number of fused-ring (bicyclic) bond motifs is 1. The van der Waals surface area contributed by atoms with Gasteiger partial charge in [0.05, 0.1) is 5.69 Å². The molecule has 0 spiro atoms. The number of hydrogen-bond acceptors (Lipinski definition) is 4. The van der Waals surface area contributed by atoms with E-state index in [4.69, 9.17) is 0 Å². The summed E-state index contributed by atoms with van der Waals surface area (Å²) in [6, 6.07) is 14.4. The number of aryl methyl sites for hydroxylation is 2. The van der Waals surface area contributed by atoms with E-state index in [9.17, 15) is 10.2 Å². The third-order valence-electron chi connectivity index (χ3n) is 3.55. The maximum Gasteiger partial charge on any atom is 0.146 e. The number of rotatable bonds is 2. The van der Waals surface area contributed by atoms with E-state index in [0.29, 0.717) is 5.69 Å². The first-order chi connectivity index (χ1) is 10.6. The molecule has 0 aromatic heterocycles. The van der Waals surface area contributed by atoms with Crippen molar-refractivity contribution in [2.75, 3.05) is 0 Å². The number of phenols is 1. The quantitative estimate of drug-likeness (QED) is 0.537. The van der Waals surface area contributed by atoms with Crippen LogP contribution in [0.2, 0.25) is 0 Å². The van der Waals surface area contributed by atoms with E-state index in [1.807, 2.05) is 37.3 Å². The Morgan fingerprint density at radius 3 is 2.48 bits per heavy atom. The molecule has 5 heteroatoms. The van der Waals surface area contributed by atoms with E-state index in [2.05, 4.69) is 10.2 Å². The Labute approximate surface area is 145 Å². The molecule has 1 N–H and O–H groups in total. The van der Waals surface area contributed by atoms with Gasteiger partial charge in [-0.05, 0) is 36.4 Å². The first-order valence-electron chi connectivity index (χ1n) is 6.97. The van der Waals surface area contributed by atoms with E-state index in [1.165, 1.54) is 6.07 Å². The van der Waals surface area contributed by atoms with Crippen molar-refractivity contribution in [3.05, 3.63) is 59.7 Å². The number of azo groups is 1. The van der Waals surface area contributed by atoms with Crippen LogP contribution in [-0.2, 0) is 17.1 Å². The molecule has 0 saturated heterocycles. The van der Waals surface area contributed by atoms with Crippen molar-refractivity contribution in [1.29, 1.82) is 0 Å². The number of benzene rings is 3. The Hall–Kier alpha value is -2.36. The Morgan fingerprint density at radius 1 is 0.957 bits per heavy atom. The minimum Gasteiger partial charge on any atom is -0.871 e. The van der Waals surface area contributed by atoms with Crippen molar-refractivity contribution in [2.45, 2.75) is 13.8 Å². The van der Waals surface area contributed by atoms with Crippen molar-refractivity contribution < 1.29 is 27.3 Å². The second-order valence-corrected chi connectivity index (χ2v) is 5.28. The zero-order valence-corrected chi connectivity index (χ0v) is 13.6. The molecule has 1 radical (unpaired) electrons. The molecule has 3 aromatic rings. The summed E-state index contributed by atoms with van der Waals surface area (Å²) >= 11 is 0. The third kappa shape index (κ3) is 3.36. The molecule has 0 bridgehead atoms. The van der Waals surface area contributed by atoms with Crippen LogP contribution in [0.15, 0.2) is 58.8 Å². The van der Waals surface area contributed by atoms with Gasteiger partial charge in [-0.1, -0.05) is 48.2 Å².